The van der Waals surface area contributed by atoms with E-state index >= 15 is 0 Å². The second-order valence-electron chi connectivity index (χ2n) is 3.68. The Morgan fingerprint density at radius 2 is 2.32 bits per heavy atom. The van der Waals surface area contributed by atoms with Crippen LogP contribution in [0.4, 0.5) is 10.7 Å². The van der Waals surface area contributed by atoms with E-state index in [2.05, 4.69) is 10.3 Å². The van der Waals surface area contributed by atoms with Crippen LogP contribution in [0, 0.1) is 0 Å². The zero-order chi connectivity index (χ0) is 13.8. The maximum absolute atomic E-state index is 11.9. The number of anilines is 2. The van der Waals surface area contributed by atoms with Gasteiger partial charge in [0.1, 0.15) is 10.7 Å². The van der Waals surface area contributed by atoms with Crippen molar-refractivity contribution in [3.8, 4) is 0 Å². The number of carbonyl (C=O) groups is 2. The van der Waals surface area contributed by atoms with Crippen LogP contribution in [0.3, 0.4) is 0 Å². The van der Waals surface area contributed by atoms with Crippen LogP contribution < -0.4 is 11.1 Å². The number of nitrogen functional groups attached to an aromatic ring is 1. The first-order valence-electron chi connectivity index (χ1n) is 5.61. The van der Waals surface area contributed by atoms with E-state index in [1.165, 1.54) is 23.6 Å². The lowest BCUT2D eigenvalue weighted by Crippen LogP contribution is -2.14. The Morgan fingerprint density at radius 3 is 2.95 bits per heavy atom. The molecule has 19 heavy (non-hydrogen) atoms. The Bertz CT molecular complexity index is 603. The number of aromatic nitrogens is 1. The third-order valence-corrected chi connectivity index (χ3v) is 3.17. The zero-order valence-electron chi connectivity index (χ0n) is 10.2. The average Bonchev–Trinajstić information content (AvgIpc) is 2.98. The highest BCUT2D eigenvalue weighted by Crippen LogP contribution is 2.24. The summed E-state index contributed by atoms with van der Waals surface area (Å²) in [7, 11) is 0. The number of rotatable bonds is 4. The molecule has 100 valence electrons. The highest BCUT2D eigenvalue weighted by atomic mass is 32.1. The summed E-state index contributed by atoms with van der Waals surface area (Å²) in [6, 6.07) is 3.13. The Kier molecular flexibility index (Phi) is 3.86. The fourth-order valence-electron chi connectivity index (χ4n) is 1.49. The van der Waals surface area contributed by atoms with Crippen LogP contribution in [0.15, 0.2) is 23.7 Å². The smallest absolute Gasteiger partial charge is 0.341 e. The first-order chi connectivity index (χ1) is 9.11. The number of ether oxygens (including phenoxy) is 1. The van der Waals surface area contributed by atoms with Gasteiger partial charge in [-0.15, -0.1) is 11.3 Å². The molecule has 0 saturated heterocycles. The molecule has 1 amide bonds. The lowest BCUT2D eigenvalue weighted by Gasteiger charge is -2.04. The minimum absolute atomic E-state index is 0.287. The fourth-order valence-corrected chi connectivity index (χ4v) is 2.26. The number of nitrogens with one attached hydrogen (secondary N) is 2. The van der Waals surface area contributed by atoms with Gasteiger partial charge in [-0.1, -0.05) is 0 Å². The van der Waals surface area contributed by atoms with Crippen LogP contribution in [-0.2, 0) is 4.74 Å². The number of thiophene rings is 1. The zero-order valence-corrected chi connectivity index (χ0v) is 11.0. The molecule has 0 fully saturated rings. The number of amides is 1. The van der Waals surface area contributed by atoms with Crippen molar-refractivity contribution < 1.29 is 14.3 Å². The van der Waals surface area contributed by atoms with Gasteiger partial charge in [-0.3, -0.25) is 4.79 Å². The van der Waals surface area contributed by atoms with Crippen molar-refractivity contribution >= 4 is 33.9 Å². The van der Waals surface area contributed by atoms with Gasteiger partial charge in [-0.2, -0.15) is 0 Å². The van der Waals surface area contributed by atoms with Crippen molar-refractivity contribution in [3.63, 3.8) is 0 Å². The van der Waals surface area contributed by atoms with E-state index in [4.69, 9.17) is 10.5 Å². The molecule has 0 radical (unpaired) electrons. The number of H-pyrrole nitrogens is 1. The van der Waals surface area contributed by atoms with Crippen molar-refractivity contribution in [1.82, 2.24) is 4.98 Å². The van der Waals surface area contributed by atoms with Gasteiger partial charge in [0.2, 0.25) is 0 Å². The van der Waals surface area contributed by atoms with Gasteiger partial charge in [0.15, 0.2) is 0 Å². The number of esters is 1. The van der Waals surface area contributed by atoms with E-state index in [-0.39, 0.29) is 12.5 Å². The molecule has 0 aliphatic heterocycles. The first-order valence-corrected chi connectivity index (χ1v) is 6.49. The molecule has 2 aromatic heterocycles. The number of carbonyl (C=O) groups excluding carboxylic acids is 2. The molecule has 0 unspecified atom stereocenters. The minimum Gasteiger partial charge on any atom is -0.462 e. The second kappa shape index (κ2) is 5.57. The van der Waals surface area contributed by atoms with Crippen LogP contribution in [-0.4, -0.2) is 23.5 Å². The summed E-state index contributed by atoms with van der Waals surface area (Å²) in [6.07, 6.45) is 1.52. The summed E-state index contributed by atoms with van der Waals surface area (Å²) in [4.78, 5) is 26.3. The molecule has 0 aromatic carbocycles. The van der Waals surface area contributed by atoms with Crippen LogP contribution >= 0.6 is 11.3 Å². The Morgan fingerprint density at radius 1 is 1.53 bits per heavy atom. The highest BCUT2D eigenvalue weighted by Gasteiger charge is 2.17. The van der Waals surface area contributed by atoms with Crippen LogP contribution in [0.25, 0.3) is 0 Å². The van der Waals surface area contributed by atoms with Gasteiger partial charge < -0.3 is 20.8 Å². The topological polar surface area (TPSA) is 97.2 Å². The molecule has 2 aromatic rings. The third-order valence-electron chi connectivity index (χ3n) is 2.34. The first kappa shape index (κ1) is 13.2. The fraction of sp³-hybridized carbons (Fsp3) is 0.167. The lowest BCUT2D eigenvalue weighted by atomic mass is 10.3. The van der Waals surface area contributed by atoms with Crippen molar-refractivity contribution in [2.24, 2.45) is 0 Å². The lowest BCUT2D eigenvalue weighted by molar-refractivity contribution is 0.0528. The molecule has 0 spiro atoms. The average molecular weight is 279 g/mol. The van der Waals surface area contributed by atoms with Gasteiger partial charge in [0.05, 0.1) is 12.2 Å². The molecule has 0 bridgehead atoms. The second-order valence-corrected chi connectivity index (χ2v) is 4.60. The molecule has 4 N–H and O–H groups in total. The van der Waals surface area contributed by atoms with Gasteiger partial charge in [0.25, 0.3) is 5.91 Å². The number of hydrogen-bond donors (Lipinski definition) is 3. The molecule has 0 saturated carbocycles. The van der Waals surface area contributed by atoms with E-state index < -0.39 is 5.97 Å². The number of hydrogen-bond acceptors (Lipinski definition) is 5. The van der Waals surface area contributed by atoms with E-state index in [1.54, 1.807) is 18.4 Å². The predicted molar refractivity (Wildman–Crippen MR) is 73.4 cm³/mol. The summed E-state index contributed by atoms with van der Waals surface area (Å²) in [5, 5.41) is 4.82. The maximum Gasteiger partial charge on any atom is 0.341 e. The Labute approximate surface area is 113 Å². The number of nitrogens with two attached hydrogens (primary N) is 1. The molecule has 0 aliphatic rings. The normalized spacial score (nSPS) is 10.2. The van der Waals surface area contributed by atoms with Gasteiger partial charge in [0, 0.05) is 11.9 Å². The van der Waals surface area contributed by atoms with Crippen molar-refractivity contribution in [3.05, 3.63) is 35.0 Å². The molecular formula is C12H13N3O3S. The SMILES string of the molecule is CCOC(=O)c1ccsc1NC(=O)c1cc(N)c[nH]1. The van der Waals surface area contributed by atoms with Gasteiger partial charge >= 0.3 is 5.97 Å². The summed E-state index contributed by atoms with van der Waals surface area (Å²) in [5.74, 6) is -0.810. The summed E-state index contributed by atoms with van der Waals surface area (Å²) < 4.78 is 4.91. The molecule has 2 rings (SSSR count). The molecule has 0 aliphatic carbocycles. The van der Waals surface area contributed by atoms with E-state index in [0.717, 1.165) is 0 Å². The monoisotopic (exact) mass is 279 g/mol. The Balaban J connectivity index is 2.13. The molecule has 6 nitrogen and oxygen atoms in total. The largest absolute Gasteiger partial charge is 0.462 e. The van der Waals surface area contributed by atoms with Crippen molar-refractivity contribution in [2.75, 3.05) is 17.7 Å². The van der Waals surface area contributed by atoms with Gasteiger partial charge in [-0.05, 0) is 24.4 Å². The van der Waals surface area contributed by atoms with Crippen LogP contribution in [0.1, 0.15) is 27.8 Å². The van der Waals surface area contributed by atoms with Gasteiger partial charge in [-0.25, -0.2) is 4.79 Å². The summed E-state index contributed by atoms with van der Waals surface area (Å²) >= 11 is 1.26. The molecule has 2 heterocycles. The number of aromatic amines is 1. The molecular weight excluding hydrogens is 266 g/mol. The molecule has 7 heteroatoms. The van der Waals surface area contributed by atoms with E-state index in [1.807, 2.05) is 0 Å². The van der Waals surface area contributed by atoms with Crippen molar-refractivity contribution in [2.45, 2.75) is 6.92 Å². The van der Waals surface area contributed by atoms with E-state index in [9.17, 15) is 9.59 Å². The maximum atomic E-state index is 11.9. The Hall–Kier alpha value is -2.28. The van der Waals surface area contributed by atoms with Crippen LogP contribution in [0.5, 0.6) is 0 Å². The third kappa shape index (κ3) is 2.94. The standard InChI is InChI=1S/C12H13N3O3S/c1-2-18-12(17)8-3-4-19-11(8)15-10(16)9-5-7(13)6-14-9/h3-6,14H,2,13H2,1H3,(H,15,16). The summed E-state index contributed by atoms with van der Waals surface area (Å²) in [5.41, 5.74) is 6.68. The minimum atomic E-state index is -0.454. The summed E-state index contributed by atoms with van der Waals surface area (Å²) in [6.45, 7) is 2.01. The quantitative estimate of drug-likeness (QED) is 0.746. The predicted octanol–water partition coefficient (Wildman–Crippen LogP) is 2.09. The molecule has 0 atom stereocenters. The van der Waals surface area contributed by atoms with Crippen molar-refractivity contribution in [1.29, 1.82) is 0 Å². The van der Waals surface area contributed by atoms with E-state index in [0.29, 0.717) is 21.9 Å². The van der Waals surface area contributed by atoms with Crippen LogP contribution in [0.2, 0.25) is 0 Å². The highest BCUT2D eigenvalue weighted by molar-refractivity contribution is 7.14.